The molecular formula is C16H13ClN2O3S. The summed E-state index contributed by atoms with van der Waals surface area (Å²) >= 11 is 6.03. The summed E-state index contributed by atoms with van der Waals surface area (Å²) in [5, 5.41) is 9.81. The van der Waals surface area contributed by atoms with Crippen molar-refractivity contribution in [3.8, 4) is 22.4 Å². The Labute approximate surface area is 138 Å². The molecule has 2 N–H and O–H groups in total. The topological polar surface area (TPSA) is 86.2 Å². The smallest absolute Gasteiger partial charge is 0.238 e. The molecule has 0 bridgehead atoms. The summed E-state index contributed by atoms with van der Waals surface area (Å²) < 4.78 is 28.0. The molecule has 118 valence electrons. The zero-order chi connectivity index (χ0) is 16.6. The molecule has 23 heavy (non-hydrogen) atoms. The molecule has 0 aliphatic rings. The summed E-state index contributed by atoms with van der Waals surface area (Å²) in [6, 6.07) is 13.5. The number of hydrogen-bond donors (Lipinski definition) is 1. The molecule has 3 aromatic rings. The van der Waals surface area contributed by atoms with Crippen LogP contribution in [0.4, 0.5) is 0 Å². The van der Waals surface area contributed by atoms with Crippen molar-refractivity contribution in [2.75, 3.05) is 0 Å². The zero-order valence-corrected chi connectivity index (χ0v) is 13.7. The molecule has 0 radical (unpaired) electrons. The molecule has 0 fully saturated rings. The molecule has 0 spiro atoms. The van der Waals surface area contributed by atoms with Gasteiger partial charge in [0.1, 0.15) is 11.5 Å². The number of rotatable bonds is 3. The standard InChI is InChI=1S/C16H13ClN2O3S/c1-10-15(11-5-7-14(8-6-11)23(18,20)21)16(19-22-10)12-3-2-4-13(17)9-12/h2-9H,1H3,(H2,18,20,21). The second-order valence-electron chi connectivity index (χ2n) is 5.04. The molecule has 0 aliphatic carbocycles. The van der Waals surface area contributed by atoms with Gasteiger partial charge in [0.05, 0.1) is 10.5 Å². The lowest BCUT2D eigenvalue weighted by molar-refractivity contribution is 0.400. The van der Waals surface area contributed by atoms with E-state index >= 15 is 0 Å². The molecular weight excluding hydrogens is 336 g/mol. The minimum atomic E-state index is -3.72. The average Bonchev–Trinajstić information content (AvgIpc) is 2.88. The Morgan fingerprint density at radius 3 is 2.39 bits per heavy atom. The third-order valence-electron chi connectivity index (χ3n) is 3.43. The molecule has 0 saturated heterocycles. The number of aromatic nitrogens is 1. The number of nitrogens with zero attached hydrogens (tertiary/aromatic N) is 1. The number of aryl methyl sites for hydroxylation is 1. The molecule has 7 heteroatoms. The van der Waals surface area contributed by atoms with E-state index in [4.69, 9.17) is 21.3 Å². The Balaban J connectivity index is 2.12. The van der Waals surface area contributed by atoms with Gasteiger partial charge in [-0.3, -0.25) is 0 Å². The van der Waals surface area contributed by atoms with Gasteiger partial charge in [0.25, 0.3) is 0 Å². The van der Waals surface area contributed by atoms with Gasteiger partial charge < -0.3 is 4.52 Å². The maximum absolute atomic E-state index is 11.4. The van der Waals surface area contributed by atoms with E-state index in [1.54, 1.807) is 31.2 Å². The predicted octanol–water partition coefficient (Wildman–Crippen LogP) is 3.62. The predicted molar refractivity (Wildman–Crippen MR) is 88.5 cm³/mol. The zero-order valence-electron chi connectivity index (χ0n) is 12.2. The third-order valence-corrected chi connectivity index (χ3v) is 4.60. The maximum Gasteiger partial charge on any atom is 0.238 e. The highest BCUT2D eigenvalue weighted by Crippen LogP contribution is 2.35. The summed E-state index contributed by atoms with van der Waals surface area (Å²) in [5.74, 6) is 0.628. The van der Waals surface area contributed by atoms with Gasteiger partial charge in [-0.25, -0.2) is 13.6 Å². The Kier molecular flexibility index (Phi) is 3.97. The van der Waals surface area contributed by atoms with Gasteiger partial charge in [0, 0.05) is 10.6 Å². The van der Waals surface area contributed by atoms with Crippen molar-refractivity contribution in [3.63, 3.8) is 0 Å². The van der Waals surface area contributed by atoms with Crippen LogP contribution in [0.15, 0.2) is 57.9 Å². The second-order valence-corrected chi connectivity index (χ2v) is 7.04. The van der Waals surface area contributed by atoms with Crippen molar-refractivity contribution in [1.29, 1.82) is 0 Å². The molecule has 1 heterocycles. The number of benzene rings is 2. The second kappa shape index (κ2) is 5.81. The van der Waals surface area contributed by atoms with Crippen molar-refractivity contribution < 1.29 is 12.9 Å². The van der Waals surface area contributed by atoms with E-state index < -0.39 is 10.0 Å². The van der Waals surface area contributed by atoms with Gasteiger partial charge >= 0.3 is 0 Å². The van der Waals surface area contributed by atoms with E-state index in [1.807, 2.05) is 12.1 Å². The highest BCUT2D eigenvalue weighted by atomic mass is 35.5. The lowest BCUT2D eigenvalue weighted by Crippen LogP contribution is -2.11. The quantitative estimate of drug-likeness (QED) is 0.783. The van der Waals surface area contributed by atoms with Crippen molar-refractivity contribution in [2.45, 2.75) is 11.8 Å². The minimum absolute atomic E-state index is 0.0552. The van der Waals surface area contributed by atoms with E-state index in [0.717, 1.165) is 16.7 Å². The first-order valence-corrected chi connectivity index (χ1v) is 8.64. The number of nitrogens with two attached hydrogens (primary N) is 1. The maximum atomic E-state index is 11.4. The van der Waals surface area contributed by atoms with E-state index in [1.165, 1.54) is 12.1 Å². The van der Waals surface area contributed by atoms with Crippen LogP contribution >= 0.6 is 11.6 Å². The van der Waals surface area contributed by atoms with Gasteiger partial charge in [-0.2, -0.15) is 0 Å². The van der Waals surface area contributed by atoms with Crippen LogP contribution in [0.1, 0.15) is 5.76 Å². The van der Waals surface area contributed by atoms with Crippen LogP contribution < -0.4 is 5.14 Å². The summed E-state index contributed by atoms with van der Waals surface area (Å²) in [7, 11) is -3.72. The van der Waals surface area contributed by atoms with E-state index in [0.29, 0.717) is 16.5 Å². The van der Waals surface area contributed by atoms with Gasteiger partial charge in [-0.05, 0) is 36.8 Å². The fraction of sp³-hybridized carbons (Fsp3) is 0.0625. The lowest BCUT2D eigenvalue weighted by Gasteiger charge is -2.05. The lowest BCUT2D eigenvalue weighted by atomic mass is 10.00. The van der Waals surface area contributed by atoms with Gasteiger partial charge in [-0.15, -0.1) is 0 Å². The van der Waals surface area contributed by atoms with Crippen molar-refractivity contribution in [1.82, 2.24) is 5.16 Å². The fourth-order valence-corrected chi connectivity index (χ4v) is 3.06. The SMILES string of the molecule is Cc1onc(-c2cccc(Cl)c2)c1-c1ccc(S(N)(=O)=O)cc1. The van der Waals surface area contributed by atoms with Gasteiger partial charge in [0.15, 0.2) is 0 Å². The molecule has 3 rings (SSSR count). The first-order valence-electron chi connectivity index (χ1n) is 6.72. The van der Waals surface area contributed by atoms with Crippen LogP contribution in [-0.4, -0.2) is 13.6 Å². The normalized spacial score (nSPS) is 11.6. The molecule has 1 aromatic heterocycles. The van der Waals surface area contributed by atoms with Crippen molar-refractivity contribution in [2.24, 2.45) is 5.14 Å². The fourth-order valence-electron chi connectivity index (χ4n) is 2.36. The van der Waals surface area contributed by atoms with Gasteiger partial charge in [0.2, 0.25) is 10.0 Å². The highest BCUT2D eigenvalue weighted by Gasteiger charge is 2.17. The van der Waals surface area contributed by atoms with E-state index in [2.05, 4.69) is 5.16 Å². The summed E-state index contributed by atoms with van der Waals surface area (Å²) in [6.07, 6.45) is 0. The van der Waals surface area contributed by atoms with Crippen LogP contribution in [0.5, 0.6) is 0 Å². The van der Waals surface area contributed by atoms with Crippen molar-refractivity contribution in [3.05, 3.63) is 59.3 Å². The Bertz CT molecular complexity index is 963. The van der Waals surface area contributed by atoms with E-state index in [-0.39, 0.29) is 4.90 Å². The highest BCUT2D eigenvalue weighted by molar-refractivity contribution is 7.89. The molecule has 5 nitrogen and oxygen atoms in total. The Hall–Kier alpha value is -2.15. The summed E-state index contributed by atoms with van der Waals surface area (Å²) in [6.45, 7) is 1.80. The molecule has 0 unspecified atom stereocenters. The molecule has 0 atom stereocenters. The van der Waals surface area contributed by atoms with E-state index in [9.17, 15) is 8.42 Å². The molecule has 0 saturated carbocycles. The summed E-state index contributed by atoms with van der Waals surface area (Å²) in [4.78, 5) is 0.0552. The Morgan fingerprint density at radius 2 is 1.78 bits per heavy atom. The van der Waals surface area contributed by atoms with Crippen LogP contribution in [0.2, 0.25) is 5.02 Å². The number of sulfonamides is 1. The van der Waals surface area contributed by atoms with Crippen LogP contribution in [0.25, 0.3) is 22.4 Å². The number of halogens is 1. The molecule has 0 aliphatic heterocycles. The largest absolute Gasteiger partial charge is 0.360 e. The third kappa shape index (κ3) is 3.14. The first kappa shape index (κ1) is 15.7. The van der Waals surface area contributed by atoms with Crippen LogP contribution in [-0.2, 0) is 10.0 Å². The van der Waals surface area contributed by atoms with Crippen LogP contribution in [0.3, 0.4) is 0 Å². The minimum Gasteiger partial charge on any atom is -0.360 e. The first-order chi connectivity index (χ1) is 10.9. The molecule has 2 aromatic carbocycles. The average molecular weight is 349 g/mol. The van der Waals surface area contributed by atoms with Crippen molar-refractivity contribution >= 4 is 21.6 Å². The van der Waals surface area contributed by atoms with Gasteiger partial charge in [-0.1, -0.05) is 41.0 Å². The Morgan fingerprint density at radius 1 is 1.09 bits per heavy atom. The summed E-state index contributed by atoms with van der Waals surface area (Å²) in [5.41, 5.74) is 3.03. The monoisotopic (exact) mass is 348 g/mol. The number of primary sulfonamides is 1. The molecule has 0 amide bonds. The number of hydrogen-bond acceptors (Lipinski definition) is 4. The van der Waals surface area contributed by atoms with Crippen LogP contribution in [0, 0.1) is 6.92 Å².